The summed E-state index contributed by atoms with van der Waals surface area (Å²) in [5, 5.41) is 13.5. The molecule has 130 valence electrons. The van der Waals surface area contributed by atoms with Crippen LogP contribution in [0.5, 0.6) is 0 Å². The van der Waals surface area contributed by atoms with Crippen LogP contribution in [-0.4, -0.2) is 23.1 Å². The van der Waals surface area contributed by atoms with E-state index in [4.69, 9.17) is 4.98 Å². The van der Waals surface area contributed by atoms with Gasteiger partial charge in [0.25, 0.3) is 0 Å². The number of allylic oxidation sites excluding steroid dienone is 1. The van der Waals surface area contributed by atoms with Gasteiger partial charge < -0.3 is 4.90 Å². The van der Waals surface area contributed by atoms with E-state index in [1.165, 1.54) is 30.6 Å². The molecule has 0 N–H and O–H groups in total. The Balaban J connectivity index is 1.86. The van der Waals surface area contributed by atoms with Gasteiger partial charge in [0.05, 0.1) is 11.1 Å². The van der Waals surface area contributed by atoms with Gasteiger partial charge in [0.2, 0.25) is 0 Å². The molecular weight excluding hydrogens is 340 g/mol. The van der Waals surface area contributed by atoms with Gasteiger partial charge in [-0.15, -0.1) is 11.3 Å². The van der Waals surface area contributed by atoms with Crippen molar-refractivity contribution < 1.29 is 0 Å². The number of nitriles is 1. The maximum atomic E-state index is 9.68. The molecule has 4 rings (SSSR count). The van der Waals surface area contributed by atoms with E-state index in [0.29, 0.717) is 5.57 Å². The van der Waals surface area contributed by atoms with Gasteiger partial charge in [-0.25, -0.2) is 9.97 Å². The highest BCUT2D eigenvalue weighted by molar-refractivity contribution is 7.11. The molecule has 26 heavy (non-hydrogen) atoms. The van der Waals surface area contributed by atoms with E-state index in [0.717, 1.165) is 46.1 Å². The number of aryl methyl sites for hydroxylation is 1. The third-order valence-corrected chi connectivity index (χ3v) is 5.65. The van der Waals surface area contributed by atoms with Crippen LogP contribution in [0.2, 0.25) is 0 Å². The van der Waals surface area contributed by atoms with Crippen LogP contribution in [0.25, 0.3) is 22.6 Å². The predicted molar refractivity (Wildman–Crippen MR) is 108 cm³/mol. The molecule has 0 aliphatic carbocycles. The maximum Gasteiger partial charge on any atom is 0.136 e. The van der Waals surface area contributed by atoms with Crippen molar-refractivity contribution in [3.8, 4) is 6.07 Å². The standard InChI is InChI=1S/C21H20N4S/c1-15-14-26-21(23-15)18(13-22)12-17-11-16-7-3-4-8-19(16)24-20(17)25-9-5-2-6-10-25/h3-4,7-8,11-12,14H,2,5-6,9-10H2,1H3/b18-12+. The molecule has 0 atom stereocenters. The zero-order chi connectivity index (χ0) is 17.9. The third-order valence-electron chi connectivity index (χ3n) is 4.66. The van der Waals surface area contributed by atoms with Crippen molar-refractivity contribution in [2.75, 3.05) is 18.0 Å². The second-order valence-electron chi connectivity index (χ2n) is 6.61. The van der Waals surface area contributed by atoms with Crippen LogP contribution in [-0.2, 0) is 0 Å². The number of hydrogen-bond acceptors (Lipinski definition) is 5. The fraction of sp³-hybridized carbons (Fsp3) is 0.286. The number of fused-ring (bicyclic) bond motifs is 1. The van der Waals surface area contributed by atoms with E-state index in [9.17, 15) is 5.26 Å². The third kappa shape index (κ3) is 3.33. The van der Waals surface area contributed by atoms with Crippen molar-refractivity contribution in [3.05, 3.63) is 52.0 Å². The van der Waals surface area contributed by atoms with Crippen LogP contribution in [0.15, 0.2) is 35.7 Å². The average Bonchev–Trinajstić information content (AvgIpc) is 3.12. The first-order valence-electron chi connectivity index (χ1n) is 8.93. The lowest BCUT2D eigenvalue weighted by Crippen LogP contribution is -2.30. The predicted octanol–water partition coefficient (Wildman–Crippen LogP) is 5.05. The molecule has 0 radical (unpaired) electrons. The zero-order valence-electron chi connectivity index (χ0n) is 14.8. The Kier molecular flexibility index (Phi) is 4.68. The van der Waals surface area contributed by atoms with Gasteiger partial charge in [-0.05, 0) is 44.4 Å². The average molecular weight is 360 g/mol. The van der Waals surface area contributed by atoms with Gasteiger partial charge in [0.1, 0.15) is 16.9 Å². The van der Waals surface area contributed by atoms with Crippen molar-refractivity contribution in [3.63, 3.8) is 0 Å². The Morgan fingerprint density at radius 3 is 2.73 bits per heavy atom. The van der Waals surface area contributed by atoms with E-state index in [1.807, 2.05) is 36.6 Å². The molecule has 0 saturated carbocycles. The Labute approximate surface area is 157 Å². The Morgan fingerprint density at radius 1 is 1.19 bits per heavy atom. The topological polar surface area (TPSA) is 52.8 Å². The van der Waals surface area contributed by atoms with Crippen molar-refractivity contribution in [1.29, 1.82) is 5.26 Å². The van der Waals surface area contributed by atoms with Gasteiger partial charge in [-0.1, -0.05) is 18.2 Å². The van der Waals surface area contributed by atoms with Crippen molar-refractivity contribution in [2.45, 2.75) is 26.2 Å². The molecule has 3 aromatic rings. The molecule has 1 aromatic carbocycles. The summed E-state index contributed by atoms with van der Waals surface area (Å²) in [7, 11) is 0. The minimum atomic E-state index is 0.596. The number of thiazole rings is 1. The number of nitrogens with zero attached hydrogens (tertiary/aromatic N) is 4. The number of rotatable bonds is 3. The quantitative estimate of drug-likeness (QED) is 0.613. The summed E-state index contributed by atoms with van der Waals surface area (Å²) in [6, 6.07) is 12.6. The number of benzene rings is 1. The van der Waals surface area contributed by atoms with Crippen LogP contribution in [0, 0.1) is 18.3 Å². The van der Waals surface area contributed by atoms with E-state index < -0.39 is 0 Å². The molecule has 0 amide bonds. The summed E-state index contributed by atoms with van der Waals surface area (Å²) in [5.41, 5.74) is 3.53. The molecule has 0 bridgehead atoms. The van der Waals surface area contributed by atoms with Crippen LogP contribution < -0.4 is 4.90 Å². The highest BCUT2D eigenvalue weighted by atomic mass is 32.1. The first kappa shape index (κ1) is 16.7. The highest BCUT2D eigenvalue weighted by Gasteiger charge is 2.17. The highest BCUT2D eigenvalue weighted by Crippen LogP contribution is 2.30. The minimum Gasteiger partial charge on any atom is -0.356 e. The Morgan fingerprint density at radius 2 is 2.00 bits per heavy atom. The summed E-state index contributed by atoms with van der Waals surface area (Å²) >= 11 is 1.51. The maximum absolute atomic E-state index is 9.68. The molecular formula is C21H20N4S. The molecule has 1 saturated heterocycles. The SMILES string of the molecule is Cc1csc(/C(C#N)=C/c2cc3ccccc3nc2N2CCCCC2)n1. The summed E-state index contributed by atoms with van der Waals surface area (Å²) in [6.07, 6.45) is 5.60. The molecule has 1 aliphatic heterocycles. The fourth-order valence-electron chi connectivity index (χ4n) is 3.36. The van der Waals surface area contributed by atoms with Gasteiger partial charge in [0.15, 0.2) is 0 Å². The molecule has 1 aliphatic rings. The summed E-state index contributed by atoms with van der Waals surface area (Å²) < 4.78 is 0. The number of piperidine rings is 1. The van der Waals surface area contributed by atoms with E-state index in [1.54, 1.807) is 0 Å². The second-order valence-corrected chi connectivity index (χ2v) is 7.46. The van der Waals surface area contributed by atoms with Gasteiger partial charge >= 0.3 is 0 Å². The smallest absolute Gasteiger partial charge is 0.136 e. The van der Waals surface area contributed by atoms with Gasteiger partial charge in [0, 0.05) is 35.1 Å². The normalized spacial score (nSPS) is 15.2. The summed E-state index contributed by atoms with van der Waals surface area (Å²) in [6.45, 7) is 3.99. The van der Waals surface area contributed by atoms with E-state index in [2.05, 4.69) is 28.1 Å². The van der Waals surface area contributed by atoms with Gasteiger partial charge in [-0.2, -0.15) is 5.26 Å². The first-order chi connectivity index (χ1) is 12.7. The first-order valence-corrected chi connectivity index (χ1v) is 9.81. The molecule has 4 nitrogen and oxygen atoms in total. The lowest BCUT2D eigenvalue weighted by Gasteiger charge is -2.29. The van der Waals surface area contributed by atoms with Crippen LogP contribution in [0.1, 0.15) is 35.5 Å². The minimum absolute atomic E-state index is 0.596. The van der Waals surface area contributed by atoms with Crippen molar-refractivity contribution in [2.24, 2.45) is 0 Å². The largest absolute Gasteiger partial charge is 0.356 e. The Hall–Kier alpha value is -2.71. The number of anilines is 1. The second kappa shape index (κ2) is 7.27. The Bertz CT molecular complexity index is 1010. The lowest BCUT2D eigenvalue weighted by atomic mass is 10.1. The lowest BCUT2D eigenvalue weighted by molar-refractivity contribution is 0.574. The van der Waals surface area contributed by atoms with Crippen LogP contribution in [0.3, 0.4) is 0 Å². The summed E-state index contributed by atoms with van der Waals surface area (Å²) in [5.74, 6) is 0.976. The number of para-hydroxylation sites is 1. The molecule has 3 heterocycles. The molecule has 0 unspecified atom stereocenters. The van der Waals surface area contributed by atoms with Gasteiger partial charge in [-0.3, -0.25) is 0 Å². The van der Waals surface area contributed by atoms with Crippen LogP contribution in [0.4, 0.5) is 5.82 Å². The van der Waals surface area contributed by atoms with E-state index >= 15 is 0 Å². The monoisotopic (exact) mass is 360 g/mol. The molecule has 1 fully saturated rings. The fourth-order valence-corrected chi connectivity index (χ4v) is 4.13. The number of hydrogen-bond donors (Lipinski definition) is 0. The summed E-state index contributed by atoms with van der Waals surface area (Å²) in [4.78, 5) is 11.8. The van der Waals surface area contributed by atoms with Crippen molar-refractivity contribution in [1.82, 2.24) is 9.97 Å². The molecule has 2 aromatic heterocycles. The zero-order valence-corrected chi connectivity index (χ0v) is 15.6. The van der Waals surface area contributed by atoms with Crippen molar-refractivity contribution >= 4 is 39.7 Å². The van der Waals surface area contributed by atoms with Crippen LogP contribution >= 0.6 is 11.3 Å². The number of pyridine rings is 1. The number of aromatic nitrogens is 2. The molecule has 5 heteroatoms. The van der Waals surface area contributed by atoms with E-state index in [-0.39, 0.29) is 0 Å². The molecule has 0 spiro atoms.